The predicted octanol–water partition coefficient (Wildman–Crippen LogP) is 2.62. The molecule has 1 aromatic heterocycles. The Morgan fingerprint density at radius 1 is 1.35 bits per heavy atom. The summed E-state index contributed by atoms with van der Waals surface area (Å²) < 4.78 is 0. The van der Waals surface area contributed by atoms with Crippen LogP contribution in [0.25, 0.3) is 0 Å². The molecule has 0 saturated heterocycles. The summed E-state index contributed by atoms with van der Waals surface area (Å²) in [5.41, 5.74) is 4.10. The van der Waals surface area contributed by atoms with E-state index < -0.39 is 0 Å². The zero-order valence-corrected chi connectivity index (χ0v) is 10.6. The Kier molecular flexibility index (Phi) is 2.36. The van der Waals surface area contributed by atoms with Crippen molar-refractivity contribution in [3.63, 3.8) is 0 Å². The van der Waals surface area contributed by atoms with E-state index in [1.165, 1.54) is 30.5 Å². The molecule has 17 heavy (non-hydrogen) atoms. The van der Waals surface area contributed by atoms with Crippen molar-refractivity contribution in [3.05, 3.63) is 23.5 Å². The molecule has 0 amide bonds. The van der Waals surface area contributed by atoms with Crippen molar-refractivity contribution in [1.29, 1.82) is 0 Å². The molecular weight excluding hydrogens is 208 g/mol. The largest absolute Gasteiger partial charge is 0.373 e. The number of anilines is 1. The second-order valence-electron chi connectivity index (χ2n) is 5.52. The maximum atomic E-state index is 4.33. The Balaban J connectivity index is 1.99. The minimum atomic E-state index is 0.295. The van der Waals surface area contributed by atoms with Crippen molar-refractivity contribution in [1.82, 2.24) is 4.98 Å². The number of hydrogen-bond acceptors (Lipinski definition) is 2. The van der Waals surface area contributed by atoms with E-state index in [1.807, 2.05) is 12.4 Å². The van der Waals surface area contributed by atoms with Crippen LogP contribution in [0.3, 0.4) is 0 Å². The first-order chi connectivity index (χ1) is 8.18. The molecule has 0 N–H and O–H groups in total. The third-order valence-electron chi connectivity index (χ3n) is 3.87. The lowest BCUT2D eigenvalue weighted by Gasteiger charge is -2.27. The Hall–Kier alpha value is -1.49. The van der Waals surface area contributed by atoms with Crippen LogP contribution in [0.15, 0.2) is 12.4 Å². The third kappa shape index (κ3) is 2.02. The molecule has 0 atom stereocenters. The van der Waals surface area contributed by atoms with Crippen molar-refractivity contribution in [2.45, 2.75) is 32.6 Å². The van der Waals surface area contributed by atoms with Gasteiger partial charge in [-0.05, 0) is 38.2 Å². The molecule has 2 heterocycles. The quantitative estimate of drug-likeness (QED) is 0.632. The molecule has 0 radical (unpaired) electrons. The number of aromatic nitrogens is 1. The van der Waals surface area contributed by atoms with E-state index in [1.54, 1.807) is 0 Å². The summed E-state index contributed by atoms with van der Waals surface area (Å²) in [5, 5.41) is 0. The van der Waals surface area contributed by atoms with Crippen LogP contribution in [0, 0.1) is 17.3 Å². The summed E-state index contributed by atoms with van der Waals surface area (Å²) >= 11 is 0. The Bertz CT molecular complexity index is 503. The number of hydrogen-bond donors (Lipinski definition) is 0. The fourth-order valence-electron chi connectivity index (χ4n) is 2.32. The van der Waals surface area contributed by atoms with E-state index in [9.17, 15) is 0 Å². The van der Waals surface area contributed by atoms with E-state index in [2.05, 4.69) is 35.7 Å². The lowest BCUT2D eigenvalue weighted by atomic mass is 9.98. The second kappa shape index (κ2) is 3.77. The van der Waals surface area contributed by atoms with Gasteiger partial charge in [-0.25, -0.2) is 0 Å². The molecule has 2 nitrogen and oxygen atoms in total. The van der Waals surface area contributed by atoms with Gasteiger partial charge in [-0.3, -0.25) is 4.98 Å². The minimum absolute atomic E-state index is 0.295. The standard InChI is InChI=1S/C15H18N2/c1-15(7-8-15)6-5-12-10-16-11-14-13(12)4-3-9-17(14)2/h10-11H,3-4,7-9H2,1-2H3. The van der Waals surface area contributed by atoms with Gasteiger partial charge in [0.2, 0.25) is 0 Å². The lowest BCUT2D eigenvalue weighted by Crippen LogP contribution is -2.25. The minimum Gasteiger partial charge on any atom is -0.373 e. The van der Waals surface area contributed by atoms with Crippen LogP contribution in [0.4, 0.5) is 5.69 Å². The maximum Gasteiger partial charge on any atom is 0.0595 e. The Labute approximate surface area is 103 Å². The van der Waals surface area contributed by atoms with Crippen LogP contribution in [0.2, 0.25) is 0 Å². The lowest BCUT2D eigenvalue weighted by molar-refractivity contribution is 0.739. The van der Waals surface area contributed by atoms with E-state index in [4.69, 9.17) is 0 Å². The highest BCUT2D eigenvalue weighted by Crippen LogP contribution is 2.44. The van der Waals surface area contributed by atoms with Gasteiger partial charge in [0.15, 0.2) is 0 Å². The summed E-state index contributed by atoms with van der Waals surface area (Å²) in [6.45, 7) is 3.37. The molecule has 1 aliphatic heterocycles. The van der Waals surface area contributed by atoms with Crippen molar-refractivity contribution in [3.8, 4) is 11.8 Å². The maximum absolute atomic E-state index is 4.33. The monoisotopic (exact) mass is 226 g/mol. The summed E-state index contributed by atoms with van der Waals surface area (Å²) in [7, 11) is 2.14. The van der Waals surface area contributed by atoms with Crippen LogP contribution in [-0.4, -0.2) is 18.6 Å². The summed E-state index contributed by atoms with van der Waals surface area (Å²) in [6, 6.07) is 0. The molecule has 0 unspecified atom stereocenters. The molecule has 3 rings (SSSR count). The second-order valence-corrected chi connectivity index (χ2v) is 5.52. The average molecular weight is 226 g/mol. The van der Waals surface area contributed by atoms with Gasteiger partial charge in [0.1, 0.15) is 0 Å². The number of pyridine rings is 1. The van der Waals surface area contributed by atoms with Gasteiger partial charge < -0.3 is 4.90 Å². The van der Waals surface area contributed by atoms with Crippen LogP contribution in [0.5, 0.6) is 0 Å². The molecule has 2 heteroatoms. The van der Waals surface area contributed by atoms with Gasteiger partial charge in [0.25, 0.3) is 0 Å². The fourth-order valence-corrected chi connectivity index (χ4v) is 2.32. The Morgan fingerprint density at radius 2 is 2.18 bits per heavy atom. The molecule has 2 aliphatic rings. The van der Waals surface area contributed by atoms with E-state index in [0.29, 0.717) is 5.41 Å². The van der Waals surface area contributed by atoms with Gasteiger partial charge in [-0.2, -0.15) is 0 Å². The Morgan fingerprint density at radius 3 is 2.94 bits per heavy atom. The number of nitrogens with zero attached hydrogens (tertiary/aromatic N) is 2. The zero-order chi connectivity index (χ0) is 11.9. The van der Waals surface area contributed by atoms with Gasteiger partial charge in [0, 0.05) is 30.8 Å². The first-order valence-electron chi connectivity index (χ1n) is 6.39. The summed E-state index contributed by atoms with van der Waals surface area (Å²) in [4.78, 5) is 6.61. The zero-order valence-electron chi connectivity index (χ0n) is 10.6. The van der Waals surface area contributed by atoms with Gasteiger partial charge in [-0.15, -0.1) is 0 Å². The van der Waals surface area contributed by atoms with E-state index >= 15 is 0 Å². The van der Waals surface area contributed by atoms with Crippen LogP contribution in [-0.2, 0) is 6.42 Å². The molecule has 0 bridgehead atoms. The molecule has 1 aromatic rings. The normalized spacial score (nSPS) is 20.2. The van der Waals surface area contributed by atoms with Gasteiger partial charge >= 0.3 is 0 Å². The van der Waals surface area contributed by atoms with Crippen LogP contribution in [0.1, 0.15) is 37.3 Å². The van der Waals surface area contributed by atoms with Crippen molar-refractivity contribution >= 4 is 5.69 Å². The fraction of sp³-hybridized carbons (Fsp3) is 0.533. The third-order valence-corrected chi connectivity index (χ3v) is 3.87. The molecule has 0 aromatic carbocycles. The van der Waals surface area contributed by atoms with Crippen molar-refractivity contribution in [2.24, 2.45) is 5.41 Å². The van der Waals surface area contributed by atoms with Gasteiger partial charge in [0.05, 0.1) is 11.9 Å². The van der Waals surface area contributed by atoms with Crippen LogP contribution < -0.4 is 4.90 Å². The van der Waals surface area contributed by atoms with Crippen molar-refractivity contribution in [2.75, 3.05) is 18.5 Å². The average Bonchev–Trinajstić information content (AvgIpc) is 3.06. The summed E-state index contributed by atoms with van der Waals surface area (Å²) in [5.74, 6) is 6.76. The SMILES string of the molecule is CN1CCCc2c(C#CC3(C)CC3)cncc21. The first-order valence-corrected chi connectivity index (χ1v) is 6.39. The molecule has 1 saturated carbocycles. The summed E-state index contributed by atoms with van der Waals surface area (Å²) in [6.07, 6.45) is 8.77. The highest BCUT2D eigenvalue weighted by atomic mass is 15.1. The first kappa shape index (κ1) is 10.7. The van der Waals surface area contributed by atoms with E-state index in [-0.39, 0.29) is 0 Å². The molecule has 0 spiro atoms. The molecular formula is C15H18N2. The van der Waals surface area contributed by atoms with Gasteiger partial charge in [-0.1, -0.05) is 11.8 Å². The highest BCUT2D eigenvalue weighted by Gasteiger charge is 2.35. The topological polar surface area (TPSA) is 16.1 Å². The van der Waals surface area contributed by atoms with E-state index in [0.717, 1.165) is 18.5 Å². The number of rotatable bonds is 0. The predicted molar refractivity (Wildman–Crippen MR) is 70.0 cm³/mol. The smallest absolute Gasteiger partial charge is 0.0595 e. The highest BCUT2D eigenvalue weighted by molar-refractivity contribution is 5.60. The molecule has 1 fully saturated rings. The number of fused-ring (bicyclic) bond motifs is 1. The van der Waals surface area contributed by atoms with Crippen LogP contribution >= 0.6 is 0 Å². The molecule has 1 aliphatic carbocycles. The van der Waals surface area contributed by atoms with Crippen molar-refractivity contribution < 1.29 is 0 Å². The molecule has 88 valence electrons.